The molecule has 1 aromatic heterocycles. The molecule has 0 unspecified atom stereocenters. The van der Waals surface area contributed by atoms with Crippen LogP contribution in [0, 0.1) is 0 Å². The number of rotatable bonds is 8. The standard InChI is InChI=1S/C22H30N4O4/c1-5-25-8-10-26(11-9-25)20-7-6-16(14-23-20)15-24-22(27)17-12-18(28-2)21(30-4)19(13-17)29-3/h6-7,12-14H,5,8-11,15H2,1-4H3,(H,24,27). The second-order valence-electron chi connectivity index (χ2n) is 7.04. The molecule has 8 heteroatoms. The number of nitrogens with one attached hydrogen (secondary N) is 1. The first kappa shape index (κ1) is 21.7. The number of carbonyl (C=O) groups excluding carboxylic acids is 1. The van der Waals surface area contributed by atoms with Crippen molar-refractivity contribution in [2.75, 3.05) is 59.0 Å². The Labute approximate surface area is 177 Å². The van der Waals surface area contributed by atoms with Crippen LogP contribution in [0.2, 0.25) is 0 Å². The van der Waals surface area contributed by atoms with E-state index in [9.17, 15) is 4.79 Å². The third-order valence-electron chi connectivity index (χ3n) is 5.33. The molecule has 1 amide bonds. The molecule has 1 aromatic carbocycles. The lowest BCUT2D eigenvalue weighted by Crippen LogP contribution is -2.46. The zero-order chi connectivity index (χ0) is 21.5. The summed E-state index contributed by atoms with van der Waals surface area (Å²) in [6.45, 7) is 7.75. The van der Waals surface area contributed by atoms with Crippen LogP contribution >= 0.6 is 0 Å². The van der Waals surface area contributed by atoms with Crippen LogP contribution in [-0.2, 0) is 6.54 Å². The maximum atomic E-state index is 12.6. The van der Waals surface area contributed by atoms with Crippen molar-refractivity contribution in [3.8, 4) is 17.2 Å². The van der Waals surface area contributed by atoms with E-state index in [1.54, 1.807) is 12.1 Å². The Kier molecular flexibility index (Phi) is 7.35. The lowest BCUT2D eigenvalue weighted by molar-refractivity contribution is 0.0950. The van der Waals surface area contributed by atoms with Crippen molar-refractivity contribution >= 4 is 11.7 Å². The van der Waals surface area contributed by atoms with Crippen LogP contribution in [0.3, 0.4) is 0 Å². The van der Waals surface area contributed by atoms with E-state index in [4.69, 9.17) is 14.2 Å². The van der Waals surface area contributed by atoms with E-state index < -0.39 is 0 Å². The largest absolute Gasteiger partial charge is 0.493 e. The van der Waals surface area contributed by atoms with Crippen molar-refractivity contribution < 1.29 is 19.0 Å². The minimum Gasteiger partial charge on any atom is -0.493 e. The Morgan fingerprint density at radius 2 is 1.70 bits per heavy atom. The van der Waals surface area contributed by atoms with Crippen LogP contribution in [0.15, 0.2) is 30.5 Å². The fourth-order valence-electron chi connectivity index (χ4n) is 3.50. The van der Waals surface area contributed by atoms with Gasteiger partial charge in [0.1, 0.15) is 5.82 Å². The highest BCUT2D eigenvalue weighted by atomic mass is 16.5. The van der Waals surface area contributed by atoms with E-state index in [-0.39, 0.29) is 5.91 Å². The first-order chi connectivity index (χ1) is 14.6. The van der Waals surface area contributed by atoms with Crippen molar-refractivity contribution in [2.45, 2.75) is 13.5 Å². The number of methoxy groups -OCH3 is 3. The van der Waals surface area contributed by atoms with Gasteiger partial charge in [-0.15, -0.1) is 0 Å². The van der Waals surface area contributed by atoms with Gasteiger partial charge in [0.2, 0.25) is 5.75 Å². The van der Waals surface area contributed by atoms with Crippen molar-refractivity contribution in [1.29, 1.82) is 0 Å². The van der Waals surface area contributed by atoms with E-state index in [1.165, 1.54) is 21.3 Å². The van der Waals surface area contributed by atoms with Crippen molar-refractivity contribution in [3.63, 3.8) is 0 Å². The monoisotopic (exact) mass is 414 g/mol. The van der Waals surface area contributed by atoms with Crippen LogP contribution in [0.5, 0.6) is 17.2 Å². The number of carbonyl (C=O) groups is 1. The Hall–Kier alpha value is -3.00. The molecule has 2 heterocycles. The highest BCUT2D eigenvalue weighted by Crippen LogP contribution is 2.38. The van der Waals surface area contributed by atoms with Crippen LogP contribution in [0.25, 0.3) is 0 Å². The molecular formula is C22H30N4O4. The van der Waals surface area contributed by atoms with Gasteiger partial charge < -0.3 is 29.3 Å². The summed E-state index contributed by atoms with van der Waals surface area (Å²) in [7, 11) is 4.57. The Morgan fingerprint density at radius 1 is 1.03 bits per heavy atom. The number of ether oxygens (including phenoxy) is 3. The summed E-state index contributed by atoms with van der Waals surface area (Å²) in [5.41, 5.74) is 1.37. The minimum atomic E-state index is -0.228. The maximum absolute atomic E-state index is 12.6. The lowest BCUT2D eigenvalue weighted by Gasteiger charge is -2.34. The number of amides is 1. The third-order valence-corrected chi connectivity index (χ3v) is 5.33. The van der Waals surface area contributed by atoms with Crippen LogP contribution in [-0.4, -0.2) is 69.8 Å². The molecular weight excluding hydrogens is 384 g/mol. The number of hydrogen-bond acceptors (Lipinski definition) is 7. The molecule has 1 aliphatic rings. The highest BCUT2D eigenvalue weighted by Gasteiger charge is 2.18. The number of aromatic nitrogens is 1. The Morgan fingerprint density at radius 3 is 2.20 bits per heavy atom. The molecule has 0 bridgehead atoms. The van der Waals surface area contributed by atoms with Crippen LogP contribution in [0.1, 0.15) is 22.8 Å². The van der Waals surface area contributed by atoms with Crippen LogP contribution in [0.4, 0.5) is 5.82 Å². The number of benzene rings is 1. The Bertz CT molecular complexity index is 824. The zero-order valence-corrected chi connectivity index (χ0v) is 18.1. The quantitative estimate of drug-likeness (QED) is 0.710. The number of hydrogen-bond donors (Lipinski definition) is 1. The molecule has 0 spiro atoms. The lowest BCUT2D eigenvalue weighted by atomic mass is 10.1. The average molecular weight is 415 g/mol. The molecule has 0 saturated carbocycles. The topological polar surface area (TPSA) is 76.2 Å². The number of anilines is 1. The molecule has 8 nitrogen and oxygen atoms in total. The molecule has 1 aliphatic heterocycles. The summed E-state index contributed by atoms with van der Waals surface area (Å²) in [6.07, 6.45) is 1.82. The highest BCUT2D eigenvalue weighted by molar-refractivity contribution is 5.95. The fraction of sp³-hybridized carbons (Fsp3) is 0.455. The molecule has 0 atom stereocenters. The van der Waals surface area contributed by atoms with Gasteiger partial charge in [0.25, 0.3) is 5.91 Å². The predicted molar refractivity (Wildman–Crippen MR) is 116 cm³/mol. The molecule has 2 aromatic rings. The first-order valence-electron chi connectivity index (χ1n) is 10.1. The van der Waals surface area contributed by atoms with E-state index in [1.807, 2.05) is 18.3 Å². The van der Waals surface area contributed by atoms with Gasteiger partial charge in [0.05, 0.1) is 21.3 Å². The van der Waals surface area contributed by atoms with Gasteiger partial charge in [-0.3, -0.25) is 4.79 Å². The van der Waals surface area contributed by atoms with E-state index in [0.717, 1.165) is 44.1 Å². The summed E-state index contributed by atoms with van der Waals surface area (Å²) in [5, 5.41) is 2.92. The summed E-state index contributed by atoms with van der Waals surface area (Å²) >= 11 is 0. The second kappa shape index (κ2) is 10.2. The normalized spacial score (nSPS) is 14.3. The number of pyridine rings is 1. The number of nitrogens with zero attached hydrogens (tertiary/aromatic N) is 3. The minimum absolute atomic E-state index is 0.228. The zero-order valence-electron chi connectivity index (χ0n) is 18.1. The summed E-state index contributed by atoms with van der Waals surface area (Å²) in [4.78, 5) is 21.9. The summed E-state index contributed by atoms with van der Waals surface area (Å²) in [6, 6.07) is 7.29. The molecule has 3 rings (SSSR count). The fourth-order valence-corrected chi connectivity index (χ4v) is 3.50. The average Bonchev–Trinajstić information content (AvgIpc) is 2.81. The van der Waals surface area contributed by atoms with Gasteiger partial charge in [0, 0.05) is 44.5 Å². The van der Waals surface area contributed by atoms with Gasteiger partial charge >= 0.3 is 0 Å². The van der Waals surface area contributed by atoms with Gasteiger partial charge in [-0.25, -0.2) is 4.98 Å². The first-order valence-corrected chi connectivity index (χ1v) is 10.1. The van der Waals surface area contributed by atoms with Crippen molar-refractivity contribution in [2.24, 2.45) is 0 Å². The molecule has 1 fully saturated rings. The van der Waals surface area contributed by atoms with E-state index in [0.29, 0.717) is 29.4 Å². The predicted octanol–water partition coefficient (Wildman–Crippen LogP) is 2.18. The molecule has 0 aliphatic carbocycles. The van der Waals surface area contributed by atoms with Gasteiger partial charge in [-0.2, -0.15) is 0 Å². The van der Waals surface area contributed by atoms with Crippen molar-refractivity contribution in [1.82, 2.24) is 15.2 Å². The van der Waals surface area contributed by atoms with E-state index in [2.05, 4.69) is 27.0 Å². The molecule has 30 heavy (non-hydrogen) atoms. The molecule has 1 N–H and O–H groups in total. The SMILES string of the molecule is CCN1CCN(c2ccc(CNC(=O)c3cc(OC)c(OC)c(OC)c3)cn2)CC1. The summed E-state index contributed by atoms with van der Waals surface area (Å²) in [5.74, 6) is 2.09. The summed E-state index contributed by atoms with van der Waals surface area (Å²) < 4.78 is 15.9. The molecule has 162 valence electrons. The van der Waals surface area contributed by atoms with Gasteiger partial charge in [-0.05, 0) is 30.3 Å². The smallest absolute Gasteiger partial charge is 0.251 e. The molecule has 0 radical (unpaired) electrons. The van der Waals surface area contributed by atoms with Crippen LogP contribution < -0.4 is 24.4 Å². The molecule has 1 saturated heterocycles. The number of piperazine rings is 1. The second-order valence-corrected chi connectivity index (χ2v) is 7.04. The van der Waals surface area contributed by atoms with Gasteiger partial charge in [-0.1, -0.05) is 13.0 Å². The number of likely N-dealkylation sites (N-methyl/N-ethyl adjacent to an activating group) is 1. The van der Waals surface area contributed by atoms with Crippen molar-refractivity contribution in [3.05, 3.63) is 41.6 Å². The van der Waals surface area contributed by atoms with Gasteiger partial charge in [0.15, 0.2) is 11.5 Å². The third kappa shape index (κ3) is 4.94. The Balaban J connectivity index is 1.61. The maximum Gasteiger partial charge on any atom is 0.251 e. The van der Waals surface area contributed by atoms with E-state index >= 15 is 0 Å².